The minimum absolute atomic E-state index is 0. The third-order valence-electron chi connectivity index (χ3n) is 1.82. The summed E-state index contributed by atoms with van der Waals surface area (Å²) in [6.07, 6.45) is 0. The number of nitrogens with zero attached hydrogens (tertiary/aromatic N) is 2. The zero-order valence-corrected chi connectivity index (χ0v) is 9.39. The molecule has 0 amide bonds. The molecular weight excluding hydrogens is 298 g/mol. The van der Waals surface area contributed by atoms with E-state index in [2.05, 4.69) is 24.1 Å². The largest absolute Gasteiger partial charge is 0.660 e. The topological polar surface area (TPSA) is 17.3 Å². The molecule has 2 nitrogen and oxygen atoms in total. The SMILES string of the molecule is CC(C)N1CC[N-]CC1.[Re]. The molecule has 1 saturated heterocycles. The minimum atomic E-state index is 0. The van der Waals surface area contributed by atoms with Gasteiger partial charge in [-0.1, -0.05) is 0 Å². The van der Waals surface area contributed by atoms with E-state index < -0.39 is 0 Å². The van der Waals surface area contributed by atoms with Gasteiger partial charge in [0.15, 0.2) is 0 Å². The van der Waals surface area contributed by atoms with Crippen LogP contribution in [-0.2, 0) is 20.4 Å². The maximum Gasteiger partial charge on any atom is 0.00371 e. The van der Waals surface area contributed by atoms with Crippen LogP contribution in [-0.4, -0.2) is 37.1 Å². The normalized spacial score (nSPS) is 20.7. The smallest absolute Gasteiger partial charge is 0.00371 e. The van der Waals surface area contributed by atoms with Crippen LogP contribution in [0, 0.1) is 0 Å². The van der Waals surface area contributed by atoms with Gasteiger partial charge in [-0.05, 0) is 26.9 Å². The van der Waals surface area contributed by atoms with Crippen molar-refractivity contribution in [3.8, 4) is 0 Å². The number of hydrogen-bond acceptors (Lipinski definition) is 1. The van der Waals surface area contributed by atoms with Gasteiger partial charge in [0.2, 0.25) is 0 Å². The van der Waals surface area contributed by atoms with E-state index in [9.17, 15) is 0 Å². The van der Waals surface area contributed by atoms with Crippen LogP contribution in [0.5, 0.6) is 0 Å². The third-order valence-corrected chi connectivity index (χ3v) is 1.82. The Balaban J connectivity index is 0.000000810. The standard InChI is InChI=1S/C7H15N2.Re/c1-7(2)9-5-3-8-4-6-9;/h7H,3-6H2,1-2H3;/q-1;. The maximum atomic E-state index is 4.27. The molecule has 1 heterocycles. The minimum Gasteiger partial charge on any atom is -0.660 e. The summed E-state index contributed by atoms with van der Waals surface area (Å²) < 4.78 is 0. The molecule has 0 atom stereocenters. The van der Waals surface area contributed by atoms with E-state index in [1.165, 1.54) is 0 Å². The van der Waals surface area contributed by atoms with Crippen molar-refractivity contribution >= 4 is 0 Å². The summed E-state index contributed by atoms with van der Waals surface area (Å²) in [6, 6.07) is 0.709. The Morgan fingerprint density at radius 3 is 2.00 bits per heavy atom. The number of piperazine rings is 1. The first kappa shape index (κ1) is 10.6. The van der Waals surface area contributed by atoms with Gasteiger partial charge in [0.05, 0.1) is 0 Å². The van der Waals surface area contributed by atoms with Gasteiger partial charge in [-0.3, -0.25) is 0 Å². The van der Waals surface area contributed by atoms with E-state index in [0.29, 0.717) is 6.04 Å². The van der Waals surface area contributed by atoms with Crippen LogP contribution in [0.1, 0.15) is 13.8 Å². The van der Waals surface area contributed by atoms with E-state index in [4.69, 9.17) is 0 Å². The molecule has 0 aromatic carbocycles. The summed E-state index contributed by atoms with van der Waals surface area (Å²) in [5, 5.41) is 4.27. The molecule has 0 aromatic heterocycles. The second kappa shape index (κ2) is 5.26. The van der Waals surface area contributed by atoms with Crippen molar-refractivity contribution < 1.29 is 20.4 Å². The summed E-state index contributed by atoms with van der Waals surface area (Å²) in [4.78, 5) is 2.47. The molecule has 0 saturated carbocycles. The Hall–Kier alpha value is 0.582. The Morgan fingerprint density at radius 2 is 1.70 bits per heavy atom. The second-order valence-corrected chi connectivity index (χ2v) is 2.80. The van der Waals surface area contributed by atoms with Crippen LogP contribution in [0.3, 0.4) is 0 Å². The predicted octanol–water partition coefficient (Wildman–Crippen LogP) is 1.08. The van der Waals surface area contributed by atoms with Gasteiger partial charge in [0.1, 0.15) is 0 Å². The molecule has 1 aliphatic heterocycles. The van der Waals surface area contributed by atoms with Gasteiger partial charge < -0.3 is 10.2 Å². The zero-order chi connectivity index (χ0) is 6.69. The zero-order valence-electron chi connectivity index (χ0n) is 6.68. The Labute approximate surface area is 77.0 Å². The summed E-state index contributed by atoms with van der Waals surface area (Å²) in [5.41, 5.74) is 0. The molecule has 1 fully saturated rings. The molecule has 10 heavy (non-hydrogen) atoms. The van der Waals surface area contributed by atoms with Gasteiger partial charge in [-0.2, -0.15) is 0 Å². The molecular formula is C7H15N2Re-. The molecule has 0 spiro atoms. The van der Waals surface area contributed by atoms with Crippen LogP contribution in [0.25, 0.3) is 5.32 Å². The molecule has 0 N–H and O–H groups in total. The molecule has 1 aliphatic rings. The summed E-state index contributed by atoms with van der Waals surface area (Å²) in [7, 11) is 0. The Bertz CT molecular complexity index is 79.7. The molecule has 1 rings (SSSR count). The van der Waals surface area contributed by atoms with Crippen LogP contribution in [0.15, 0.2) is 0 Å². The van der Waals surface area contributed by atoms with E-state index in [1.54, 1.807) is 0 Å². The van der Waals surface area contributed by atoms with Crippen molar-refractivity contribution in [3.05, 3.63) is 5.32 Å². The van der Waals surface area contributed by atoms with E-state index in [0.717, 1.165) is 26.2 Å². The van der Waals surface area contributed by atoms with Gasteiger partial charge in [-0.25, -0.2) is 0 Å². The van der Waals surface area contributed by atoms with Gasteiger partial charge in [0.25, 0.3) is 0 Å². The Morgan fingerprint density at radius 1 is 1.20 bits per heavy atom. The molecule has 0 bridgehead atoms. The predicted molar refractivity (Wildman–Crippen MR) is 39.8 cm³/mol. The molecule has 0 unspecified atom stereocenters. The number of hydrogen-bond donors (Lipinski definition) is 0. The van der Waals surface area contributed by atoms with E-state index >= 15 is 0 Å². The molecule has 1 radical (unpaired) electrons. The summed E-state index contributed by atoms with van der Waals surface area (Å²) in [6.45, 7) is 8.89. The fourth-order valence-corrected chi connectivity index (χ4v) is 1.14. The molecule has 61 valence electrons. The molecule has 3 heteroatoms. The average Bonchev–Trinajstić information content (AvgIpc) is 1.90. The fourth-order valence-electron chi connectivity index (χ4n) is 1.14. The van der Waals surface area contributed by atoms with Crippen LogP contribution < -0.4 is 0 Å². The average molecular weight is 313 g/mol. The van der Waals surface area contributed by atoms with E-state index in [-0.39, 0.29) is 20.4 Å². The second-order valence-electron chi connectivity index (χ2n) is 2.80. The van der Waals surface area contributed by atoms with Crippen molar-refractivity contribution in [2.45, 2.75) is 19.9 Å². The van der Waals surface area contributed by atoms with Crippen molar-refractivity contribution in [1.82, 2.24) is 4.90 Å². The summed E-state index contributed by atoms with van der Waals surface area (Å²) >= 11 is 0. The fraction of sp³-hybridized carbons (Fsp3) is 1.00. The Kier molecular flexibility index (Phi) is 5.57. The first-order valence-electron chi connectivity index (χ1n) is 3.68. The molecule has 0 aliphatic carbocycles. The monoisotopic (exact) mass is 314 g/mol. The van der Waals surface area contributed by atoms with Crippen molar-refractivity contribution in [3.63, 3.8) is 0 Å². The van der Waals surface area contributed by atoms with Crippen LogP contribution in [0.2, 0.25) is 0 Å². The quantitative estimate of drug-likeness (QED) is 0.708. The van der Waals surface area contributed by atoms with Gasteiger partial charge in [-0.15, -0.1) is 13.1 Å². The first-order valence-corrected chi connectivity index (χ1v) is 3.68. The number of rotatable bonds is 1. The third kappa shape index (κ3) is 3.12. The van der Waals surface area contributed by atoms with Gasteiger partial charge >= 0.3 is 0 Å². The van der Waals surface area contributed by atoms with Crippen LogP contribution in [0.4, 0.5) is 0 Å². The molecule has 0 aromatic rings. The van der Waals surface area contributed by atoms with Crippen molar-refractivity contribution in [2.75, 3.05) is 26.2 Å². The first-order chi connectivity index (χ1) is 4.30. The van der Waals surface area contributed by atoms with Crippen molar-refractivity contribution in [1.29, 1.82) is 0 Å². The van der Waals surface area contributed by atoms with E-state index in [1.807, 2.05) is 0 Å². The van der Waals surface area contributed by atoms with Crippen molar-refractivity contribution in [2.24, 2.45) is 0 Å². The van der Waals surface area contributed by atoms with Gasteiger partial charge in [0, 0.05) is 26.5 Å². The van der Waals surface area contributed by atoms with Crippen LogP contribution >= 0.6 is 0 Å². The maximum absolute atomic E-state index is 4.27. The summed E-state index contributed by atoms with van der Waals surface area (Å²) in [5.74, 6) is 0.